The third-order valence-electron chi connectivity index (χ3n) is 8.22. The number of hydrogen-bond acceptors (Lipinski definition) is 7. The number of amides is 3. The van der Waals surface area contributed by atoms with Gasteiger partial charge in [0.1, 0.15) is 6.61 Å². The number of ether oxygens (including phenoxy) is 2. The average molecular weight is 525 g/mol. The molecule has 0 unspecified atom stereocenters. The summed E-state index contributed by atoms with van der Waals surface area (Å²) in [5.74, 6) is -2.72. The molecule has 0 aromatic heterocycles. The van der Waals surface area contributed by atoms with Crippen molar-refractivity contribution in [2.24, 2.45) is 5.92 Å². The number of benzene rings is 3. The van der Waals surface area contributed by atoms with Gasteiger partial charge in [0.05, 0.1) is 17.7 Å². The minimum absolute atomic E-state index is 0.0870. The van der Waals surface area contributed by atoms with Crippen LogP contribution in [0.5, 0.6) is 0 Å². The average Bonchev–Trinajstić information content (AvgIpc) is 3.68. The highest BCUT2D eigenvalue weighted by molar-refractivity contribution is 6.21. The number of rotatable bonds is 4. The molecule has 2 saturated heterocycles. The number of likely N-dealkylation sites (tertiary alicyclic amines) is 1. The molecule has 2 fully saturated rings. The molecule has 3 heterocycles. The number of carbonyl (C=O) groups is 4. The van der Waals surface area contributed by atoms with E-state index in [-0.39, 0.29) is 42.7 Å². The number of fused-ring (bicyclic) bond motifs is 5. The second-order valence-electron chi connectivity index (χ2n) is 10.2. The molecule has 1 aliphatic carbocycles. The van der Waals surface area contributed by atoms with Crippen molar-refractivity contribution in [3.05, 3.63) is 95.1 Å². The predicted octanol–water partition coefficient (Wildman–Crippen LogP) is 3.78. The van der Waals surface area contributed by atoms with Crippen LogP contribution < -0.4 is 0 Å². The van der Waals surface area contributed by atoms with Crippen molar-refractivity contribution in [2.75, 3.05) is 26.3 Å². The van der Waals surface area contributed by atoms with E-state index in [9.17, 15) is 19.2 Å². The van der Waals surface area contributed by atoms with E-state index in [1.54, 1.807) is 12.1 Å². The lowest BCUT2D eigenvalue weighted by atomic mass is 9.91. The zero-order valence-electron chi connectivity index (χ0n) is 20.9. The third kappa shape index (κ3) is 3.50. The van der Waals surface area contributed by atoms with Crippen molar-refractivity contribution >= 4 is 23.9 Å². The molecule has 3 aliphatic heterocycles. The smallest absolute Gasteiger partial charge is 0.409 e. The van der Waals surface area contributed by atoms with E-state index in [1.165, 1.54) is 17.0 Å². The first-order valence-electron chi connectivity index (χ1n) is 12.9. The molecular weight excluding hydrogens is 500 g/mol. The molecule has 196 valence electrons. The van der Waals surface area contributed by atoms with Crippen LogP contribution in [0.25, 0.3) is 11.1 Å². The Bertz CT molecular complexity index is 1470. The SMILES string of the molecule is O=C(OCC1c2ccccc2-c2ccccc21)N1C[C@H]2CCO[C@@]2(C(=O)ON2C(=O)c3ccccc3C2=O)C1. The van der Waals surface area contributed by atoms with E-state index in [2.05, 4.69) is 12.1 Å². The van der Waals surface area contributed by atoms with Crippen molar-refractivity contribution in [3.8, 4) is 11.1 Å². The number of hydrogen-bond donors (Lipinski definition) is 0. The lowest BCUT2D eigenvalue weighted by molar-refractivity contribution is -0.192. The summed E-state index contributed by atoms with van der Waals surface area (Å²) in [4.78, 5) is 58.8. The summed E-state index contributed by atoms with van der Waals surface area (Å²) in [6, 6.07) is 22.4. The molecule has 3 aromatic rings. The molecule has 0 N–H and O–H groups in total. The number of imide groups is 1. The van der Waals surface area contributed by atoms with Gasteiger partial charge in [-0.15, -0.1) is 0 Å². The molecule has 0 radical (unpaired) electrons. The van der Waals surface area contributed by atoms with Crippen LogP contribution >= 0.6 is 0 Å². The second kappa shape index (κ2) is 8.78. The van der Waals surface area contributed by atoms with Gasteiger partial charge in [-0.3, -0.25) is 9.59 Å². The van der Waals surface area contributed by atoms with Gasteiger partial charge in [0, 0.05) is 25.0 Å². The minimum atomic E-state index is -1.47. The minimum Gasteiger partial charge on any atom is -0.448 e. The van der Waals surface area contributed by atoms with E-state index >= 15 is 0 Å². The van der Waals surface area contributed by atoms with Gasteiger partial charge in [0.25, 0.3) is 11.8 Å². The lowest BCUT2D eigenvalue weighted by Crippen LogP contribution is -2.50. The highest BCUT2D eigenvalue weighted by Gasteiger charge is 2.60. The van der Waals surface area contributed by atoms with Crippen LogP contribution in [-0.2, 0) is 19.1 Å². The van der Waals surface area contributed by atoms with Crippen LogP contribution in [-0.4, -0.2) is 65.7 Å². The summed E-state index contributed by atoms with van der Waals surface area (Å²) in [5, 5.41) is 0.483. The molecule has 7 rings (SSSR count). The van der Waals surface area contributed by atoms with Crippen molar-refractivity contribution in [1.82, 2.24) is 9.96 Å². The zero-order valence-corrected chi connectivity index (χ0v) is 20.9. The van der Waals surface area contributed by atoms with Gasteiger partial charge in [-0.05, 0) is 40.8 Å². The first kappa shape index (κ1) is 23.6. The van der Waals surface area contributed by atoms with Crippen LogP contribution in [0.3, 0.4) is 0 Å². The van der Waals surface area contributed by atoms with E-state index in [1.807, 2.05) is 36.4 Å². The fraction of sp³-hybridized carbons (Fsp3) is 0.267. The predicted molar refractivity (Wildman–Crippen MR) is 136 cm³/mol. The molecule has 4 aliphatic rings. The third-order valence-corrected chi connectivity index (χ3v) is 8.22. The molecule has 0 bridgehead atoms. The van der Waals surface area contributed by atoms with Gasteiger partial charge in [0.2, 0.25) is 0 Å². The normalized spacial score (nSPS) is 22.9. The molecule has 9 nitrogen and oxygen atoms in total. The molecular formula is C30H24N2O7. The summed E-state index contributed by atoms with van der Waals surface area (Å²) in [6.45, 7) is 0.617. The first-order chi connectivity index (χ1) is 19.0. The monoisotopic (exact) mass is 524 g/mol. The maximum absolute atomic E-state index is 13.4. The Hall–Kier alpha value is -4.50. The largest absolute Gasteiger partial charge is 0.448 e. The fourth-order valence-electron chi connectivity index (χ4n) is 6.29. The number of hydroxylamine groups is 2. The summed E-state index contributed by atoms with van der Waals surface area (Å²) in [5.41, 5.74) is 3.34. The maximum atomic E-state index is 13.4. The fourth-order valence-corrected chi connectivity index (χ4v) is 6.29. The van der Waals surface area contributed by atoms with E-state index in [0.717, 1.165) is 22.3 Å². The van der Waals surface area contributed by atoms with Crippen LogP contribution in [0.2, 0.25) is 0 Å². The molecule has 3 aromatic carbocycles. The second-order valence-corrected chi connectivity index (χ2v) is 10.2. The van der Waals surface area contributed by atoms with Crippen molar-refractivity contribution < 1.29 is 33.5 Å². The Balaban J connectivity index is 1.05. The summed E-state index contributed by atoms with van der Waals surface area (Å²) in [7, 11) is 0. The van der Waals surface area contributed by atoms with Gasteiger partial charge < -0.3 is 19.2 Å². The van der Waals surface area contributed by atoms with Crippen molar-refractivity contribution in [3.63, 3.8) is 0 Å². The van der Waals surface area contributed by atoms with Gasteiger partial charge in [0.15, 0.2) is 5.60 Å². The Morgan fingerprint density at radius 1 is 0.846 bits per heavy atom. The zero-order chi connectivity index (χ0) is 26.7. The number of nitrogens with zero attached hydrogens (tertiary/aromatic N) is 2. The summed E-state index contributed by atoms with van der Waals surface area (Å²) >= 11 is 0. The Morgan fingerprint density at radius 3 is 2.03 bits per heavy atom. The Labute approximate surface area is 223 Å². The summed E-state index contributed by atoms with van der Waals surface area (Å²) in [6.07, 6.45) is -0.0209. The molecule has 9 heteroatoms. The first-order valence-corrected chi connectivity index (χ1v) is 12.9. The van der Waals surface area contributed by atoms with Gasteiger partial charge in [-0.2, -0.15) is 0 Å². The van der Waals surface area contributed by atoms with Crippen LogP contribution in [0.4, 0.5) is 4.79 Å². The van der Waals surface area contributed by atoms with E-state index in [4.69, 9.17) is 14.3 Å². The standard InChI is InChI=1S/C30H24N2O7/c33-26-23-11-5-6-12-24(23)27(34)32(26)39-28(35)30-17-31(15-18(30)13-14-38-30)29(36)37-16-25-21-9-3-1-7-19(21)20-8-2-4-10-22(20)25/h1-12,18,25H,13-17H2/t18-,30+/m1/s1. The maximum Gasteiger partial charge on any atom is 0.409 e. The quantitative estimate of drug-likeness (QED) is 0.479. The molecule has 0 saturated carbocycles. The lowest BCUT2D eigenvalue weighted by Gasteiger charge is -2.27. The Kier molecular flexibility index (Phi) is 5.31. The van der Waals surface area contributed by atoms with Crippen molar-refractivity contribution in [2.45, 2.75) is 17.9 Å². The molecule has 0 spiro atoms. The molecule has 3 amide bonds. The van der Waals surface area contributed by atoms with E-state index in [0.29, 0.717) is 18.1 Å². The van der Waals surface area contributed by atoms with Crippen LogP contribution in [0.1, 0.15) is 44.2 Å². The van der Waals surface area contributed by atoms with Crippen molar-refractivity contribution in [1.29, 1.82) is 0 Å². The topological polar surface area (TPSA) is 102 Å². The van der Waals surface area contributed by atoms with Gasteiger partial charge >= 0.3 is 12.1 Å². The Morgan fingerprint density at radius 2 is 1.41 bits per heavy atom. The molecule has 2 atom stereocenters. The van der Waals surface area contributed by atoms with Gasteiger partial charge in [-0.1, -0.05) is 65.7 Å². The van der Waals surface area contributed by atoms with Crippen LogP contribution in [0.15, 0.2) is 72.8 Å². The number of carbonyl (C=O) groups excluding carboxylic acids is 4. The van der Waals surface area contributed by atoms with Gasteiger partial charge in [-0.25, -0.2) is 9.59 Å². The highest BCUT2D eigenvalue weighted by Crippen LogP contribution is 2.45. The van der Waals surface area contributed by atoms with E-state index < -0.39 is 29.5 Å². The highest BCUT2D eigenvalue weighted by atomic mass is 16.7. The summed E-state index contributed by atoms with van der Waals surface area (Å²) < 4.78 is 11.6. The van der Waals surface area contributed by atoms with Crippen LogP contribution in [0, 0.1) is 5.92 Å². The molecule has 39 heavy (non-hydrogen) atoms.